The summed E-state index contributed by atoms with van der Waals surface area (Å²) in [5.74, 6) is 0.634. The lowest BCUT2D eigenvalue weighted by molar-refractivity contribution is 0.0919. The van der Waals surface area contributed by atoms with Gasteiger partial charge in [-0.05, 0) is 38.4 Å². The van der Waals surface area contributed by atoms with E-state index in [0.717, 1.165) is 19.4 Å². The van der Waals surface area contributed by atoms with E-state index < -0.39 is 0 Å². The molecular formula is C15H21Cl2N5O. The van der Waals surface area contributed by atoms with Crippen LogP contribution in [0.15, 0.2) is 37.1 Å². The molecule has 23 heavy (non-hydrogen) atoms. The number of carbonyl (C=O) groups excluding carboxylic acids is 1. The van der Waals surface area contributed by atoms with Crippen LogP contribution in [0.1, 0.15) is 30.1 Å². The summed E-state index contributed by atoms with van der Waals surface area (Å²) in [6, 6.07) is 3.99. The molecule has 2 unspecified atom stereocenters. The normalized spacial score (nSPS) is 20.0. The van der Waals surface area contributed by atoms with Crippen LogP contribution in [0.4, 0.5) is 0 Å². The summed E-state index contributed by atoms with van der Waals surface area (Å²) in [5, 5.41) is 6.49. The van der Waals surface area contributed by atoms with Gasteiger partial charge in [0.2, 0.25) is 0 Å². The maximum absolute atomic E-state index is 12.4. The molecule has 0 radical (unpaired) electrons. The Morgan fingerprint density at radius 3 is 2.91 bits per heavy atom. The van der Waals surface area contributed by atoms with E-state index in [1.807, 2.05) is 0 Å². The van der Waals surface area contributed by atoms with Gasteiger partial charge in [0.15, 0.2) is 0 Å². The molecule has 6 nitrogen and oxygen atoms in total. The van der Waals surface area contributed by atoms with Crippen molar-refractivity contribution < 1.29 is 4.79 Å². The van der Waals surface area contributed by atoms with Crippen LogP contribution in [0.2, 0.25) is 0 Å². The van der Waals surface area contributed by atoms with Gasteiger partial charge in [-0.2, -0.15) is 0 Å². The first-order chi connectivity index (χ1) is 10.2. The van der Waals surface area contributed by atoms with Crippen LogP contribution in [-0.4, -0.2) is 39.1 Å². The Kier molecular flexibility index (Phi) is 7.48. The van der Waals surface area contributed by atoms with Crippen molar-refractivity contribution in [3.8, 4) is 5.82 Å². The summed E-state index contributed by atoms with van der Waals surface area (Å²) in [7, 11) is 0. The number of hydrogen-bond donors (Lipinski definition) is 2. The monoisotopic (exact) mass is 357 g/mol. The molecule has 1 aliphatic rings. The second kappa shape index (κ2) is 8.86. The highest BCUT2D eigenvalue weighted by Gasteiger charge is 2.22. The maximum Gasteiger partial charge on any atom is 0.251 e. The average molecular weight is 358 g/mol. The Morgan fingerprint density at radius 1 is 1.39 bits per heavy atom. The first-order valence-electron chi connectivity index (χ1n) is 7.22. The third kappa shape index (κ3) is 4.67. The van der Waals surface area contributed by atoms with Crippen molar-refractivity contribution in [2.75, 3.05) is 6.54 Å². The lowest BCUT2D eigenvalue weighted by Gasteiger charge is -2.30. The summed E-state index contributed by atoms with van der Waals surface area (Å²) >= 11 is 0. The summed E-state index contributed by atoms with van der Waals surface area (Å²) in [6.07, 6.45) is 8.90. The Bertz CT molecular complexity index is 620. The summed E-state index contributed by atoms with van der Waals surface area (Å²) in [5.41, 5.74) is 0.617. The van der Waals surface area contributed by atoms with Gasteiger partial charge in [-0.1, -0.05) is 0 Å². The highest BCUT2D eigenvalue weighted by molar-refractivity contribution is 5.94. The van der Waals surface area contributed by atoms with Gasteiger partial charge in [0, 0.05) is 36.2 Å². The number of rotatable bonds is 3. The molecular weight excluding hydrogens is 337 g/mol. The van der Waals surface area contributed by atoms with Crippen molar-refractivity contribution in [1.29, 1.82) is 0 Å². The predicted octanol–water partition coefficient (Wildman–Crippen LogP) is 1.98. The SMILES string of the molecule is CC1NCCCC1NC(=O)c1ccnc(-n2ccnc2)c1.Cl.Cl. The van der Waals surface area contributed by atoms with Gasteiger partial charge in [0.25, 0.3) is 5.91 Å². The largest absolute Gasteiger partial charge is 0.348 e. The Morgan fingerprint density at radius 2 is 2.22 bits per heavy atom. The van der Waals surface area contributed by atoms with Gasteiger partial charge < -0.3 is 10.6 Å². The van der Waals surface area contributed by atoms with Gasteiger partial charge in [-0.3, -0.25) is 9.36 Å². The number of imidazole rings is 1. The van der Waals surface area contributed by atoms with E-state index >= 15 is 0 Å². The van der Waals surface area contributed by atoms with Crippen LogP contribution in [0.5, 0.6) is 0 Å². The number of pyridine rings is 1. The molecule has 0 bridgehead atoms. The number of hydrogen-bond acceptors (Lipinski definition) is 4. The second-order valence-corrected chi connectivity index (χ2v) is 5.34. The zero-order valence-corrected chi connectivity index (χ0v) is 14.4. The molecule has 0 aliphatic carbocycles. The smallest absolute Gasteiger partial charge is 0.251 e. The van der Waals surface area contributed by atoms with Crippen LogP contribution in [-0.2, 0) is 0 Å². The standard InChI is InChI=1S/C15H19N5O.2ClH/c1-11-13(3-2-5-17-11)19-15(21)12-4-6-18-14(9-12)20-8-7-16-10-20;;/h4,6-11,13,17H,2-3,5H2,1H3,(H,19,21);2*1H. The van der Waals surface area contributed by atoms with Crippen molar-refractivity contribution >= 4 is 30.7 Å². The van der Waals surface area contributed by atoms with Crippen molar-refractivity contribution in [3.05, 3.63) is 42.6 Å². The Labute approximate surface area is 147 Å². The molecule has 0 spiro atoms. The Balaban J connectivity index is 0.00000132. The minimum atomic E-state index is -0.0562. The quantitative estimate of drug-likeness (QED) is 0.880. The number of nitrogens with one attached hydrogen (secondary N) is 2. The van der Waals surface area contributed by atoms with E-state index in [1.165, 1.54) is 0 Å². The van der Waals surface area contributed by atoms with Crippen LogP contribution in [0.3, 0.4) is 0 Å². The minimum absolute atomic E-state index is 0. The predicted molar refractivity (Wildman–Crippen MR) is 93.8 cm³/mol. The zero-order chi connectivity index (χ0) is 14.7. The molecule has 2 aromatic heterocycles. The second-order valence-electron chi connectivity index (χ2n) is 5.34. The molecule has 0 aromatic carbocycles. The molecule has 8 heteroatoms. The zero-order valence-electron chi connectivity index (χ0n) is 12.8. The maximum atomic E-state index is 12.4. The van der Waals surface area contributed by atoms with Crippen molar-refractivity contribution in [2.24, 2.45) is 0 Å². The van der Waals surface area contributed by atoms with Gasteiger partial charge in [0.05, 0.1) is 0 Å². The highest BCUT2D eigenvalue weighted by atomic mass is 35.5. The average Bonchev–Trinajstić information content (AvgIpc) is 3.04. The summed E-state index contributed by atoms with van der Waals surface area (Å²) in [4.78, 5) is 20.6. The number of amides is 1. The molecule has 2 aromatic rings. The van der Waals surface area contributed by atoms with Crippen LogP contribution in [0, 0.1) is 0 Å². The van der Waals surface area contributed by atoms with E-state index in [4.69, 9.17) is 0 Å². The molecule has 1 saturated heterocycles. The van der Waals surface area contributed by atoms with Crippen molar-refractivity contribution in [1.82, 2.24) is 25.2 Å². The van der Waals surface area contributed by atoms with E-state index in [1.54, 1.807) is 41.6 Å². The fourth-order valence-corrected chi connectivity index (χ4v) is 2.59. The topological polar surface area (TPSA) is 71.8 Å². The lowest BCUT2D eigenvalue weighted by atomic mass is 9.99. The molecule has 126 valence electrons. The van der Waals surface area contributed by atoms with E-state index in [9.17, 15) is 4.79 Å². The van der Waals surface area contributed by atoms with E-state index in [0.29, 0.717) is 17.4 Å². The number of piperidine rings is 1. The van der Waals surface area contributed by atoms with E-state index in [-0.39, 0.29) is 36.8 Å². The first kappa shape index (κ1) is 19.4. The van der Waals surface area contributed by atoms with E-state index in [2.05, 4.69) is 27.5 Å². The summed E-state index contributed by atoms with van der Waals surface area (Å²) in [6.45, 7) is 3.13. The lowest BCUT2D eigenvalue weighted by Crippen LogP contribution is -2.51. The first-order valence-corrected chi connectivity index (χ1v) is 7.22. The highest BCUT2D eigenvalue weighted by Crippen LogP contribution is 2.11. The van der Waals surface area contributed by atoms with Crippen molar-refractivity contribution in [2.45, 2.75) is 31.8 Å². The minimum Gasteiger partial charge on any atom is -0.348 e. The number of nitrogens with zero attached hydrogens (tertiary/aromatic N) is 3. The third-order valence-corrected chi connectivity index (χ3v) is 3.85. The van der Waals surface area contributed by atoms with Gasteiger partial charge in [-0.15, -0.1) is 24.8 Å². The van der Waals surface area contributed by atoms with Crippen LogP contribution >= 0.6 is 24.8 Å². The van der Waals surface area contributed by atoms with Crippen LogP contribution in [0.25, 0.3) is 5.82 Å². The van der Waals surface area contributed by atoms with Gasteiger partial charge in [0.1, 0.15) is 12.1 Å². The molecule has 3 rings (SSSR count). The van der Waals surface area contributed by atoms with Crippen molar-refractivity contribution in [3.63, 3.8) is 0 Å². The molecule has 1 aliphatic heterocycles. The molecule has 3 heterocycles. The molecule has 1 fully saturated rings. The molecule has 1 amide bonds. The third-order valence-electron chi connectivity index (χ3n) is 3.85. The van der Waals surface area contributed by atoms with Gasteiger partial charge >= 0.3 is 0 Å². The molecule has 2 atom stereocenters. The fraction of sp³-hybridized carbons (Fsp3) is 0.400. The number of aromatic nitrogens is 3. The summed E-state index contributed by atoms with van der Waals surface area (Å²) < 4.78 is 1.78. The number of halogens is 2. The fourth-order valence-electron chi connectivity index (χ4n) is 2.59. The van der Waals surface area contributed by atoms with Crippen LogP contribution < -0.4 is 10.6 Å². The Hall–Kier alpha value is -1.63. The molecule has 2 N–H and O–H groups in total. The molecule has 0 saturated carbocycles. The number of carbonyl (C=O) groups is 1. The van der Waals surface area contributed by atoms with Gasteiger partial charge in [-0.25, -0.2) is 9.97 Å².